The van der Waals surface area contributed by atoms with Crippen LogP contribution in [-0.4, -0.2) is 13.2 Å². The highest BCUT2D eigenvalue weighted by atomic mass is 19.2. The van der Waals surface area contributed by atoms with Crippen LogP contribution in [0.4, 0.5) is 8.78 Å². The highest BCUT2D eigenvalue weighted by molar-refractivity contribution is 5.20. The van der Waals surface area contributed by atoms with E-state index in [9.17, 15) is 8.78 Å². The van der Waals surface area contributed by atoms with Crippen LogP contribution in [0.25, 0.3) is 0 Å². The molecule has 0 aliphatic carbocycles. The predicted octanol–water partition coefficient (Wildman–Crippen LogP) is 5.77. The van der Waals surface area contributed by atoms with Crippen molar-refractivity contribution in [2.24, 2.45) is 5.92 Å². The third-order valence-corrected chi connectivity index (χ3v) is 4.42. The molecule has 0 spiro atoms. The summed E-state index contributed by atoms with van der Waals surface area (Å²) in [5.41, 5.74) is 0.152. The lowest BCUT2D eigenvalue weighted by atomic mass is 10.0. The molecule has 1 aromatic carbocycles. The van der Waals surface area contributed by atoms with Crippen molar-refractivity contribution in [3.8, 4) is 0 Å². The molecule has 1 heterocycles. The fourth-order valence-corrected chi connectivity index (χ4v) is 2.98. The molecular weight excluding hydrogens is 298 g/mol. The quantitative estimate of drug-likeness (QED) is 0.537. The van der Waals surface area contributed by atoms with Crippen LogP contribution in [0.2, 0.25) is 0 Å². The average Bonchev–Trinajstić information content (AvgIpc) is 2.57. The molecule has 0 saturated carbocycles. The van der Waals surface area contributed by atoms with E-state index in [4.69, 9.17) is 9.47 Å². The SMILES string of the molecule is CCCCCCCCCC1COC(c2cccc(F)c2F)OC1. The van der Waals surface area contributed by atoms with Gasteiger partial charge < -0.3 is 9.47 Å². The lowest BCUT2D eigenvalue weighted by molar-refractivity contribution is -0.207. The standard InChI is InChI=1S/C19H28F2O2/c1-2-3-4-5-6-7-8-10-15-13-22-19(23-14-15)16-11-9-12-17(20)18(16)21/h9,11-12,15,19H,2-8,10,13-14H2,1H3. The van der Waals surface area contributed by atoms with Crippen molar-refractivity contribution in [2.75, 3.05) is 13.2 Å². The highest BCUT2D eigenvalue weighted by Crippen LogP contribution is 2.29. The molecule has 0 N–H and O–H groups in total. The minimum Gasteiger partial charge on any atom is -0.348 e. The molecule has 0 aromatic heterocycles. The van der Waals surface area contributed by atoms with Crippen LogP contribution in [-0.2, 0) is 9.47 Å². The first kappa shape index (κ1) is 18.3. The maximum Gasteiger partial charge on any atom is 0.186 e. The molecule has 130 valence electrons. The van der Waals surface area contributed by atoms with Gasteiger partial charge in [0.1, 0.15) is 0 Å². The Balaban J connectivity index is 1.63. The number of unbranched alkanes of at least 4 members (excludes halogenated alkanes) is 6. The van der Waals surface area contributed by atoms with E-state index < -0.39 is 17.9 Å². The van der Waals surface area contributed by atoms with E-state index in [2.05, 4.69) is 6.92 Å². The van der Waals surface area contributed by atoms with Crippen molar-refractivity contribution in [1.82, 2.24) is 0 Å². The molecule has 23 heavy (non-hydrogen) atoms. The van der Waals surface area contributed by atoms with Gasteiger partial charge in [-0.05, 0) is 12.5 Å². The molecule has 2 rings (SSSR count). The van der Waals surface area contributed by atoms with Crippen LogP contribution in [0.3, 0.4) is 0 Å². The third kappa shape index (κ3) is 5.85. The number of hydrogen-bond donors (Lipinski definition) is 0. The molecule has 1 aromatic rings. The summed E-state index contributed by atoms with van der Waals surface area (Å²) in [5, 5.41) is 0. The average molecular weight is 326 g/mol. The van der Waals surface area contributed by atoms with Gasteiger partial charge in [0.25, 0.3) is 0 Å². The molecule has 1 aliphatic heterocycles. The van der Waals surface area contributed by atoms with Gasteiger partial charge in [-0.2, -0.15) is 0 Å². The van der Waals surface area contributed by atoms with Gasteiger partial charge in [-0.3, -0.25) is 0 Å². The molecule has 0 radical (unpaired) electrons. The van der Waals surface area contributed by atoms with Crippen molar-refractivity contribution in [2.45, 2.75) is 64.6 Å². The Bertz CT molecular complexity index is 457. The van der Waals surface area contributed by atoms with Gasteiger partial charge in [0.15, 0.2) is 17.9 Å². The Hall–Kier alpha value is -1.00. The molecule has 2 nitrogen and oxygen atoms in total. The molecule has 0 bridgehead atoms. The van der Waals surface area contributed by atoms with E-state index in [1.165, 1.54) is 57.1 Å². The van der Waals surface area contributed by atoms with E-state index in [-0.39, 0.29) is 5.56 Å². The van der Waals surface area contributed by atoms with Crippen LogP contribution in [0.1, 0.15) is 70.1 Å². The van der Waals surface area contributed by atoms with E-state index in [1.54, 1.807) is 0 Å². The normalized spacial score (nSPS) is 21.5. The summed E-state index contributed by atoms with van der Waals surface area (Å²) in [6.07, 6.45) is 9.31. The molecular formula is C19H28F2O2. The zero-order chi connectivity index (χ0) is 16.5. The lowest BCUT2D eigenvalue weighted by Gasteiger charge is -2.29. The summed E-state index contributed by atoms with van der Waals surface area (Å²) in [5.74, 6) is -1.37. The van der Waals surface area contributed by atoms with Crippen molar-refractivity contribution >= 4 is 0 Å². The lowest BCUT2D eigenvalue weighted by Crippen LogP contribution is -2.27. The summed E-state index contributed by atoms with van der Waals surface area (Å²) < 4.78 is 38.2. The van der Waals surface area contributed by atoms with E-state index in [1.807, 2.05) is 0 Å². The smallest absolute Gasteiger partial charge is 0.186 e. The summed E-state index contributed by atoms with van der Waals surface area (Å²) in [7, 11) is 0. The van der Waals surface area contributed by atoms with Crippen molar-refractivity contribution in [1.29, 1.82) is 0 Å². The Morgan fingerprint density at radius 2 is 1.61 bits per heavy atom. The van der Waals surface area contributed by atoms with Gasteiger partial charge in [0.05, 0.1) is 13.2 Å². The van der Waals surface area contributed by atoms with E-state index in [0.717, 1.165) is 12.5 Å². The predicted molar refractivity (Wildman–Crippen MR) is 87.1 cm³/mol. The Morgan fingerprint density at radius 3 is 2.30 bits per heavy atom. The molecule has 4 heteroatoms. The number of halogens is 2. The summed E-state index contributed by atoms with van der Waals surface area (Å²) in [6, 6.07) is 4.09. The maximum atomic E-state index is 13.7. The number of hydrogen-bond acceptors (Lipinski definition) is 2. The second kappa shape index (κ2) is 9.99. The number of ether oxygens (including phenoxy) is 2. The zero-order valence-electron chi connectivity index (χ0n) is 14.0. The summed E-state index contributed by atoms with van der Waals surface area (Å²) in [6.45, 7) is 3.33. The first-order valence-corrected chi connectivity index (χ1v) is 8.89. The fraction of sp³-hybridized carbons (Fsp3) is 0.684. The Labute approximate surface area is 138 Å². The molecule has 1 aliphatic rings. The monoisotopic (exact) mass is 326 g/mol. The number of benzene rings is 1. The van der Waals surface area contributed by atoms with Gasteiger partial charge in [-0.1, -0.05) is 64.0 Å². The van der Waals surface area contributed by atoms with Crippen LogP contribution in [0.15, 0.2) is 18.2 Å². The Morgan fingerprint density at radius 1 is 0.957 bits per heavy atom. The maximum absolute atomic E-state index is 13.7. The van der Waals surface area contributed by atoms with Crippen LogP contribution in [0, 0.1) is 17.6 Å². The molecule has 1 saturated heterocycles. The van der Waals surface area contributed by atoms with Crippen molar-refractivity contribution < 1.29 is 18.3 Å². The van der Waals surface area contributed by atoms with Crippen LogP contribution >= 0.6 is 0 Å². The highest BCUT2D eigenvalue weighted by Gasteiger charge is 2.26. The second-order valence-corrected chi connectivity index (χ2v) is 6.42. The van der Waals surface area contributed by atoms with Crippen molar-refractivity contribution in [3.05, 3.63) is 35.4 Å². The van der Waals surface area contributed by atoms with E-state index >= 15 is 0 Å². The van der Waals surface area contributed by atoms with Gasteiger partial charge in [-0.25, -0.2) is 8.78 Å². The third-order valence-electron chi connectivity index (χ3n) is 4.42. The van der Waals surface area contributed by atoms with Gasteiger partial charge >= 0.3 is 0 Å². The van der Waals surface area contributed by atoms with Gasteiger partial charge in [-0.15, -0.1) is 0 Å². The minimum atomic E-state index is -0.872. The molecule has 0 unspecified atom stereocenters. The Kier molecular flexibility index (Phi) is 7.96. The van der Waals surface area contributed by atoms with Gasteiger partial charge in [0.2, 0.25) is 0 Å². The minimum absolute atomic E-state index is 0.152. The first-order valence-electron chi connectivity index (χ1n) is 8.89. The second-order valence-electron chi connectivity index (χ2n) is 6.42. The van der Waals surface area contributed by atoms with Crippen molar-refractivity contribution in [3.63, 3.8) is 0 Å². The number of rotatable bonds is 9. The van der Waals surface area contributed by atoms with E-state index in [0.29, 0.717) is 19.1 Å². The molecule has 1 fully saturated rings. The van der Waals surface area contributed by atoms with Crippen LogP contribution < -0.4 is 0 Å². The fourth-order valence-electron chi connectivity index (χ4n) is 2.98. The first-order chi connectivity index (χ1) is 11.2. The molecule has 0 atom stereocenters. The van der Waals surface area contributed by atoms with Gasteiger partial charge in [0, 0.05) is 11.5 Å². The molecule has 0 amide bonds. The summed E-state index contributed by atoms with van der Waals surface area (Å²) >= 11 is 0. The largest absolute Gasteiger partial charge is 0.348 e. The zero-order valence-corrected chi connectivity index (χ0v) is 14.0. The summed E-state index contributed by atoms with van der Waals surface area (Å²) in [4.78, 5) is 0. The topological polar surface area (TPSA) is 18.5 Å². The van der Waals surface area contributed by atoms with Crippen LogP contribution in [0.5, 0.6) is 0 Å².